The Hall–Kier alpha value is -3.19. The third-order valence-electron chi connectivity index (χ3n) is 4.68. The molecule has 0 aliphatic rings. The van der Waals surface area contributed by atoms with Crippen LogP contribution in [0.25, 0.3) is 22.8 Å². The number of ether oxygens (including phenoxy) is 1. The highest BCUT2D eigenvalue weighted by Crippen LogP contribution is 2.35. The van der Waals surface area contributed by atoms with Crippen molar-refractivity contribution in [3.63, 3.8) is 0 Å². The van der Waals surface area contributed by atoms with E-state index in [1.165, 1.54) is 0 Å². The molecule has 3 rings (SSSR count). The van der Waals surface area contributed by atoms with E-state index >= 15 is 0 Å². The minimum atomic E-state index is -0.477. The fourth-order valence-corrected chi connectivity index (χ4v) is 2.95. The number of aromatic nitrogens is 2. The molecular formula is C23H28N4O3. The molecule has 3 aromatic rings. The molecule has 0 atom stereocenters. The normalized spacial score (nSPS) is 11.7. The van der Waals surface area contributed by atoms with E-state index in [-0.39, 0.29) is 5.41 Å². The van der Waals surface area contributed by atoms with Crippen LogP contribution in [0.5, 0.6) is 5.75 Å². The summed E-state index contributed by atoms with van der Waals surface area (Å²) in [5.74, 6) is 1.26. The number of primary amides is 1. The second-order valence-corrected chi connectivity index (χ2v) is 8.48. The van der Waals surface area contributed by atoms with Gasteiger partial charge in [0.2, 0.25) is 11.7 Å². The average molecular weight is 409 g/mol. The van der Waals surface area contributed by atoms with Crippen LogP contribution in [0.4, 0.5) is 0 Å². The third-order valence-corrected chi connectivity index (χ3v) is 4.68. The van der Waals surface area contributed by atoms with Crippen LogP contribution in [-0.2, 0) is 5.41 Å². The molecule has 1 heterocycles. The highest BCUT2D eigenvalue weighted by molar-refractivity contribution is 5.93. The van der Waals surface area contributed by atoms with E-state index in [1.54, 1.807) is 24.3 Å². The maximum Gasteiger partial charge on any atom is 0.258 e. The number of likely N-dealkylation sites (N-methyl/N-ethyl adjacent to an activating group) is 1. The standard InChI is InChI=1S/C23H28N4O3/c1-23(2,3)18-14-17(10-11-19(18)29-13-12-27(4)5)21-25-22(30-26-21)16-8-6-15(7-9-16)20(24)28/h6-11,14H,12-13H2,1-5H3,(H2,24,28). The number of nitrogens with two attached hydrogens (primary N) is 1. The van der Waals surface area contributed by atoms with Crippen LogP contribution in [0.1, 0.15) is 36.7 Å². The molecule has 0 fully saturated rings. The van der Waals surface area contributed by atoms with Gasteiger partial charge in [-0.15, -0.1) is 0 Å². The number of nitrogens with zero attached hydrogens (tertiary/aromatic N) is 3. The van der Waals surface area contributed by atoms with Crippen molar-refractivity contribution in [2.45, 2.75) is 26.2 Å². The van der Waals surface area contributed by atoms with Gasteiger partial charge in [0.15, 0.2) is 0 Å². The molecule has 0 bridgehead atoms. The molecule has 2 aromatic carbocycles. The van der Waals surface area contributed by atoms with Crippen molar-refractivity contribution >= 4 is 5.91 Å². The molecule has 2 N–H and O–H groups in total. The van der Waals surface area contributed by atoms with Gasteiger partial charge in [0.25, 0.3) is 5.89 Å². The molecule has 0 aliphatic carbocycles. The lowest BCUT2D eigenvalue weighted by molar-refractivity contribution is 0.100. The zero-order valence-electron chi connectivity index (χ0n) is 18.1. The van der Waals surface area contributed by atoms with Gasteiger partial charge in [-0.3, -0.25) is 4.79 Å². The predicted molar refractivity (Wildman–Crippen MR) is 116 cm³/mol. The quantitative estimate of drug-likeness (QED) is 0.640. The minimum absolute atomic E-state index is 0.110. The predicted octanol–water partition coefficient (Wildman–Crippen LogP) is 3.74. The van der Waals surface area contributed by atoms with Gasteiger partial charge in [-0.1, -0.05) is 25.9 Å². The summed E-state index contributed by atoms with van der Waals surface area (Å²) in [6.45, 7) is 7.89. The Bertz CT molecular complexity index is 1020. The summed E-state index contributed by atoms with van der Waals surface area (Å²) in [6.07, 6.45) is 0. The van der Waals surface area contributed by atoms with Gasteiger partial charge in [-0.05, 0) is 62.0 Å². The molecule has 0 saturated heterocycles. The van der Waals surface area contributed by atoms with Crippen molar-refractivity contribution in [3.05, 3.63) is 53.6 Å². The van der Waals surface area contributed by atoms with Gasteiger partial charge in [0.1, 0.15) is 12.4 Å². The van der Waals surface area contributed by atoms with E-state index in [0.29, 0.717) is 23.9 Å². The van der Waals surface area contributed by atoms with Crippen LogP contribution in [0.3, 0.4) is 0 Å². The lowest BCUT2D eigenvalue weighted by Crippen LogP contribution is -2.21. The Balaban J connectivity index is 1.88. The van der Waals surface area contributed by atoms with Crippen molar-refractivity contribution < 1.29 is 14.1 Å². The van der Waals surface area contributed by atoms with Crippen molar-refractivity contribution in [3.8, 4) is 28.6 Å². The van der Waals surface area contributed by atoms with E-state index < -0.39 is 5.91 Å². The molecule has 1 amide bonds. The van der Waals surface area contributed by atoms with Crippen LogP contribution < -0.4 is 10.5 Å². The Morgan fingerprint density at radius 1 is 1.10 bits per heavy atom. The Morgan fingerprint density at radius 3 is 2.37 bits per heavy atom. The van der Waals surface area contributed by atoms with Crippen LogP contribution in [0.15, 0.2) is 47.0 Å². The van der Waals surface area contributed by atoms with Crippen LogP contribution in [0, 0.1) is 0 Å². The summed E-state index contributed by atoms with van der Waals surface area (Å²) in [7, 11) is 4.04. The first kappa shape index (κ1) is 21.5. The van der Waals surface area contributed by atoms with Crippen molar-refractivity contribution in [2.75, 3.05) is 27.2 Å². The monoisotopic (exact) mass is 408 g/mol. The SMILES string of the molecule is CN(C)CCOc1ccc(-c2noc(-c3ccc(C(N)=O)cc3)n2)cc1C(C)(C)C. The van der Waals surface area contributed by atoms with Gasteiger partial charge >= 0.3 is 0 Å². The van der Waals surface area contributed by atoms with E-state index in [4.69, 9.17) is 15.0 Å². The molecule has 30 heavy (non-hydrogen) atoms. The van der Waals surface area contributed by atoms with Crippen LogP contribution in [0.2, 0.25) is 0 Å². The summed E-state index contributed by atoms with van der Waals surface area (Å²) in [5.41, 5.74) is 8.26. The summed E-state index contributed by atoms with van der Waals surface area (Å²) in [4.78, 5) is 17.8. The van der Waals surface area contributed by atoms with Gasteiger partial charge in [-0.2, -0.15) is 4.98 Å². The molecule has 0 saturated carbocycles. The second kappa shape index (κ2) is 8.67. The van der Waals surface area contributed by atoms with Gasteiger partial charge in [-0.25, -0.2) is 0 Å². The van der Waals surface area contributed by atoms with Crippen molar-refractivity contribution in [1.82, 2.24) is 15.0 Å². The molecule has 0 radical (unpaired) electrons. The zero-order valence-corrected chi connectivity index (χ0v) is 18.1. The maximum absolute atomic E-state index is 11.2. The lowest BCUT2D eigenvalue weighted by Gasteiger charge is -2.24. The molecule has 0 spiro atoms. The highest BCUT2D eigenvalue weighted by atomic mass is 16.5. The summed E-state index contributed by atoms with van der Waals surface area (Å²) >= 11 is 0. The summed E-state index contributed by atoms with van der Waals surface area (Å²) < 4.78 is 11.5. The minimum Gasteiger partial charge on any atom is -0.492 e. The van der Waals surface area contributed by atoms with Gasteiger partial charge < -0.3 is 19.9 Å². The topological polar surface area (TPSA) is 94.5 Å². The van der Waals surface area contributed by atoms with Gasteiger partial charge in [0, 0.05) is 28.8 Å². The first-order valence-corrected chi connectivity index (χ1v) is 9.81. The van der Waals surface area contributed by atoms with E-state index in [1.807, 2.05) is 26.2 Å². The van der Waals surface area contributed by atoms with Gasteiger partial charge in [0.05, 0.1) is 0 Å². The average Bonchev–Trinajstić information content (AvgIpc) is 3.17. The van der Waals surface area contributed by atoms with Crippen molar-refractivity contribution in [2.24, 2.45) is 5.73 Å². The maximum atomic E-state index is 11.2. The molecule has 158 valence electrons. The molecule has 7 nitrogen and oxygen atoms in total. The first-order valence-electron chi connectivity index (χ1n) is 9.81. The van der Waals surface area contributed by atoms with Crippen LogP contribution in [-0.4, -0.2) is 48.2 Å². The number of carbonyl (C=O) groups is 1. The Kier molecular flexibility index (Phi) is 6.22. The third kappa shape index (κ3) is 5.04. The van der Waals surface area contributed by atoms with Crippen LogP contribution >= 0.6 is 0 Å². The fourth-order valence-electron chi connectivity index (χ4n) is 2.95. The van der Waals surface area contributed by atoms with Crippen molar-refractivity contribution in [1.29, 1.82) is 0 Å². The number of hydrogen-bond donors (Lipinski definition) is 1. The smallest absolute Gasteiger partial charge is 0.258 e. The van der Waals surface area contributed by atoms with E-state index in [0.717, 1.165) is 29.0 Å². The lowest BCUT2D eigenvalue weighted by atomic mass is 9.85. The Morgan fingerprint density at radius 2 is 1.77 bits per heavy atom. The summed E-state index contributed by atoms with van der Waals surface area (Å²) in [5, 5.41) is 4.13. The Labute approximate surface area is 176 Å². The number of benzene rings is 2. The highest BCUT2D eigenvalue weighted by Gasteiger charge is 2.21. The molecule has 0 unspecified atom stereocenters. The zero-order chi connectivity index (χ0) is 21.9. The molecule has 1 aromatic heterocycles. The summed E-state index contributed by atoms with van der Waals surface area (Å²) in [6, 6.07) is 12.7. The number of amides is 1. The molecular weight excluding hydrogens is 380 g/mol. The molecule has 0 aliphatic heterocycles. The first-order chi connectivity index (χ1) is 14.1. The molecule has 7 heteroatoms. The largest absolute Gasteiger partial charge is 0.492 e. The number of hydrogen-bond acceptors (Lipinski definition) is 6. The number of carbonyl (C=O) groups excluding carboxylic acids is 1. The van der Waals surface area contributed by atoms with E-state index in [2.05, 4.69) is 41.9 Å². The van der Waals surface area contributed by atoms with E-state index in [9.17, 15) is 4.79 Å². The fraction of sp³-hybridized carbons (Fsp3) is 0.348. The number of rotatable bonds is 7. The second-order valence-electron chi connectivity index (χ2n) is 8.48.